The Morgan fingerprint density at radius 3 is 2.68 bits per heavy atom. The molecule has 4 nitrogen and oxygen atoms in total. The van der Waals surface area contributed by atoms with Crippen LogP contribution in [0.15, 0.2) is 61.2 Å². The molecule has 0 unspecified atom stereocenters. The molecule has 0 aliphatic rings. The van der Waals surface area contributed by atoms with Gasteiger partial charge in [-0.1, -0.05) is 48.6 Å². The SMILES string of the molecule is N#Cc1ccc(C=Cc2ccccc2)c(Cn2cncn2)c1. The number of rotatable bonds is 4. The van der Waals surface area contributed by atoms with Gasteiger partial charge < -0.3 is 0 Å². The highest BCUT2D eigenvalue weighted by molar-refractivity contribution is 5.71. The quantitative estimate of drug-likeness (QED) is 0.691. The Balaban J connectivity index is 1.93. The minimum absolute atomic E-state index is 0.587. The molecular formula is C18H14N4. The van der Waals surface area contributed by atoms with Crippen LogP contribution in [0.3, 0.4) is 0 Å². The number of hydrogen-bond acceptors (Lipinski definition) is 3. The third-order valence-electron chi connectivity index (χ3n) is 3.33. The van der Waals surface area contributed by atoms with E-state index in [-0.39, 0.29) is 0 Å². The first-order valence-electron chi connectivity index (χ1n) is 6.94. The largest absolute Gasteiger partial charge is 0.249 e. The zero-order valence-electron chi connectivity index (χ0n) is 11.9. The maximum atomic E-state index is 9.08. The molecule has 106 valence electrons. The van der Waals surface area contributed by atoms with Crippen LogP contribution in [-0.4, -0.2) is 14.8 Å². The van der Waals surface area contributed by atoms with Gasteiger partial charge in [0, 0.05) is 0 Å². The molecule has 0 saturated heterocycles. The molecule has 0 spiro atoms. The molecule has 3 rings (SSSR count). The van der Waals surface area contributed by atoms with Gasteiger partial charge in [-0.15, -0.1) is 0 Å². The highest BCUT2D eigenvalue weighted by atomic mass is 15.3. The van der Waals surface area contributed by atoms with E-state index in [4.69, 9.17) is 5.26 Å². The Bertz CT molecular complexity index is 812. The Morgan fingerprint density at radius 1 is 1.09 bits per heavy atom. The van der Waals surface area contributed by atoms with Crippen LogP contribution in [0, 0.1) is 11.3 Å². The van der Waals surface area contributed by atoms with Gasteiger partial charge in [-0.05, 0) is 28.8 Å². The Hall–Kier alpha value is -3.19. The fourth-order valence-corrected chi connectivity index (χ4v) is 2.21. The van der Waals surface area contributed by atoms with Crippen LogP contribution in [0.1, 0.15) is 22.3 Å². The number of hydrogen-bond donors (Lipinski definition) is 0. The molecule has 0 amide bonds. The molecule has 0 bridgehead atoms. The zero-order valence-corrected chi connectivity index (χ0v) is 11.9. The van der Waals surface area contributed by atoms with E-state index in [9.17, 15) is 0 Å². The Labute approximate surface area is 129 Å². The van der Waals surface area contributed by atoms with E-state index in [1.807, 2.05) is 36.4 Å². The van der Waals surface area contributed by atoms with Crippen molar-refractivity contribution in [2.24, 2.45) is 0 Å². The summed E-state index contributed by atoms with van der Waals surface area (Å²) in [6, 6.07) is 18.0. The van der Waals surface area contributed by atoms with Gasteiger partial charge in [0.15, 0.2) is 0 Å². The second-order valence-corrected chi connectivity index (χ2v) is 4.86. The lowest BCUT2D eigenvalue weighted by atomic mass is 10.0. The van der Waals surface area contributed by atoms with Gasteiger partial charge in [0.2, 0.25) is 0 Å². The molecule has 3 aromatic rings. The summed E-state index contributed by atoms with van der Waals surface area (Å²) in [4.78, 5) is 3.95. The smallest absolute Gasteiger partial charge is 0.137 e. The second-order valence-electron chi connectivity index (χ2n) is 4.86. The predicted molar refractivity (Wildman–Crippen MR) is 85.7 cm³/mol. The molecule has 0 atom stereocenters. The molecule has 2 aromatic carbocycles. The minimum atomic E-state index is 0.587. The summed E-state index contributed by atoms with van der Waals surface area (Å²) in [6.07, 6.45) is 7.30. The van der Waals surface area contributed by atoms with Crippen molar-refractivity contribution in [3.63, 3.8) is 0 Å². The fourth-order valence-electron chi connectivity index (χ4n) is 2.21. The summed E-state index contributed by atoms with van der Waals surface area (Å²) in [5.74, 6) is 0. The van der Waals surface area contributed by atoms with Crippen molar-refractivity contribution >= 4 is 12.2 Å². The van der Waals surface area contributed by atoms with Crippen LogP contribution in [0.5, 0.6) is 0 Å². The average Bonchev–Trinajstić information content (AvgIpc) is 3.07. The molecule has 0 aliphatic heterocycles. The van der Waals surface area contributed by atoms with Gasteiger partial charge in [0.25, 0.3) is 0 Å². The summed E-state index contributed by atoms with van der Waals surface area (Å²) < 4.78 is 1.75. The zero-order chi connectivity index (χ0) is 15.2. The van der Waals surface area contributed by atoms with Crippen LogP contribution in [0.25, 0.3) is 12.2 Å². The van der Waals surface area contributed by atoms with Gasteiger partial charge in [-0.3, -0.25) is 0 Å². The number of benzene rings is 2. The maximum Gasteiger partial charge on any atom is 0.137 e. The summed E-state index contributed by atoms with van der Waals surface area (Å²) in [6.45, 7) is 0.587. The van der Waals surface area contributed by atoms with Crippen LogP contribution in [0.4, 0.5) is 0 Å². The summed E-state index contributed by atoms with van der Waals surface area (Å²) in [5.41, 5.74) is 3.89. The molecule has 0 radical (unpaired) electrons. The van der Waals surface area contributed by atoms with Crippen LogP contribution < -0.4 is 0 Å². The minimum Gasteiger partial charge on any atom is -0.249 e. The summed E-state index contributed by atoms with van der Waals surface area (Å²) >= 11 is 0. The number of nitrogens with zero attached hydrogens (tertiary/aromatic N) is 4. The van der Waals surface area contributed by atoms with Crippen molar-refractivity contribution in [3.05, 3.63) is 83.4 Å². The third-order valence-corrected chi connectivity index (χ3v) is 3.33. The van der Waals surface area contributed by atoms with E-state index in [0.29, 0.717) is 12.1 Å². The average molecular weight is 286 g/mol. The van der Waals surface area contributed by atoms with Crippen LogP contribution in [0.2, 0.25) is 0 Å². The monoisotopic (exact) mass is 286 g/mol. The standard InChI is InChI=1S/C18H14N4/c19-11-16-7-9-17(8-6-15-4-2-1-3-5-15)18(10-16)12-22-14-20-13-21-22/h1-10,13-14H,12H2. The van der Waals surface area contributed by atoms with E-state index in [1.54, 1.807) is 11.0 Å². The van der Waals surface area contributed by atoms with E-state index in [1.165, 1.54) is 6.33 Å². The molecule has 4 heteroatoms. The highest BCUT2D eigenvalue weighted by Gasteiger charge is 2.03. The fraction of sp³-hybridized carbons (Fsp3) is 0.0556. The number of aromatic nitrogens is 3. The molecule has 0 fully saturated rings. The topological polar surface area (TPSA) is 54.5 Å². The van der Waals surface area contributed by atoms with Crippen LogP contribution in [-0.2, 0) is 6.54 Å². The van der Waals surface area contributed by atoms with Crippen LogP contribution >= 0.6 is 0 Å². The van der Waals surface area contributed by atoms with Crippen molar-refractivity contribution in [1.29, 1.82) is 5.26 Å². The Morgan fingerprint density at radius 2 is 1.95 bits per heavy atom. The number of nitriles is 1. The van der Waals surface area contributed by atoms with Gasteiger partial charge >= 0.3 is 0 Å². The first-order chi connectivity index (χ1) is 10.8. The van der Waals surface area contributed by atoms with Gasteiger partial charge in [-0.25, -0.2) is 9.67 Å². The van der Waals surface area contributed by atoms with Crippen molar-refractivity contribution in [2.75, 3.05) is 0 Å². The lowest BCUT2D eigenvalue weighted by molar-refractivity contribution is 0.684. The van der Waals surface area contributed by atoms with Crippen molar-refractivity contribution in [1.82, 2.24) is 14.8 Å². The van der Waals surface area contributed by atoms with Crippen molar-refractivity contribution < 1.29 is 0 Å². The van der Waals surface area contributed by atoms with Gasteiger partial charge in [0.05, 0.1) is 18.2 Å². The molecule has 0 aliphatic carbocycles. The van der Waals surface area contributed by atoms with Crippen molar-refractivity contribution in [2.45, 2.75) is 6.54 Å². The van der Waals surface area contributed by atoms with Gasteiger partial charge in [-0.2, -0.15) is 10.4 Å². The molecule has 22 heavy (non-hydrogen) atoms. The molecule has 0 saturated carbocycles. The maximum absolute atomic E-state index is 9.08. The summed E-state index contributed by atoms with van der Waals surface area (Å²) in [7, 11) is 0. The third kappa shape index (κ3) is 3.28. The molecule has 1 heterocycles. The van der Waals surface area contributed by atoms with E-state index < -0.39 is 0 Å². The first-order valence-corrected chi connectivity index (χ1v) is 6.94. The normalized spacial score (nSPS) is 10.7. The molecule has 0 N–H and O–H groups in total. The lowest BCUT2D eigenvalue weighted by Gasteiger charge is -2.07. The predicted octanol–water partition coefficient (Wildman–Crippen LogP) is 3.37. The van der Waals surface area contributed by atoms with Gasteiger partial charge in [0.1, 0.15) is 12.7 Å². The van der Waals surface area contributed by atoms with E-state index in [0.717, 1.165) is 16.7 Å². The highest BCUT2D eigenvalue weighted by Crippen LogP contribution is 2.16. The first kappa shape index (κ1) is 13.8. The lowest BCUT2D eigenvalue weighted by Crippen LogP contribution is -2.02. The second kappa shape index (κ2) is 6.51. The van der Waals surface area contributed by atoms with Crippen molar-refractivity contribution in [3.8, 4) is 6.07 Å². The Kier molecular flexibility index (Phi) is 4.08. The molecule has 1 aromatic heterocycles. The summed E-state index contributed by atoms with van der Waals surface area (Å²) in [5, 5.41) is 13.2. The van der Waals surface area contributed by atoms with E-state index in [2.05, 4.69) is 40.4 Å². The molecular weight excluding hydrogens is 272 g/mol. The van der Waals surface area contributed by atoms with E-state index >= 15 is 0 Å².